The van der Waals surface area contributed by atoms with Crippen molar-refractivity contribution in [3.63, 3.8) is 0 Å². The van der Waals surface area contributed by atoms with Gasteiger partial charge in [-0.15, -0.1) is 0 Å². The largest absolute Gasteiger partial charge is 0.335 e. The number of nitrogens with zero attached hydrogens (tertiary/aromatic N) is 7. The third kappa shape index (κ3) is 3.16. The summed E-state index contributed by atoms with van der Waals surface area (Å²) in [5.41, 5.74) is 1.38. The first-order valence-electron chi connectivity index (χ1n) is 9.04. The lowest BCUT2D eigenvalue weighted by Gasteiger charge is -2.33. The van der Waals surface area contributed by atoms with Crippen molar-refractivity contribution < 1.29 is 13.2 Å². The molecule has 1 fully saturated rings. The Labute approximate surface area is 162 Å². The number of piperazine rings is 1. The van der Waals surface area contributed by atoms with E-state index in [1.54, 1.807) is 51.7 Å². The Morgan fingerprint density at radius 3 is 2.57 bits per heavy atom. The van der Waals surface area contributed by atoms with Crippen LogP contribution in [0.1, 0.15) is 23.1 Å². The summed E-state index contributed by atoms with van der Waals surface area (Å²) < 4.78 is 30.5. The third-order valence-corrected chi connectivity index (χ3v) is 6.83. The average Bonchev–Trinajstić information content (AvgIpc) is 3.31. The van der Waals surface area contributed by atoms with Gasteiger partial charge in [0, 0.05) is 57.4 Å². The van der Waals surface area contributed by atoms with Crippen molar-refractivity contribution in [3.8, 4) is 0 Å². The molecule has 1 amide bonds. The molecule has 28 heavy (non-hydrogen) atoms. The number of rotatable bonds is 4. The molecule has 1 saturated heterocycles. The van der Waals surface area contributed by atoms with Crippen LogP contribution in [0.25, 0.3) is 5.65 Å². The van der Waals surface area contributed by atoms with E-state index in [4.69, 9.17) is 0 Å². The zero-order valence-electron chi connectivity index (χ0n) is 15.7. The molecule has 0 spiro atoms. The van der Waals surface area contributed by atoms with Gasteiger partial charge in [-0.05, 0) is 19.9 Å². The molecule has 0 radical (unpaired) electrons. The number of hydrogen-bond donors (Lipinski definition) is 0. The molecule has 4 rings (SSSR count). The van der Waals surface area contributed by atoms with E-state index in [1.807, 2.05) is 6.92 Å². The van der Waals surface area contributed by atoms with Crippen molar-refractivity contribution >= 4 is 21.6 Å². The van der Waals surface area contributed by atoms with Crippen LogP contribution in [0.2, 0.25) is 0 Å². The summed E-state index contributed by atoms with van der Waals surface area (Å²) in [7, 11) is -3.63. The van der Waals surface area contributed by atoms with Crippen molar-refractivity contribution in [3.05, 3.63) is 42.1 Å². The summed E-state index contributed by atoms with van der Waals surface area (Å²) >= 11 is 0. The molecule has 0 aromatic carbocycles. The van der Waals surface area contributed by atoms with Gasteiger partial charge < -0.3 is 4.90 Å². The maximum Gasteiger partial charge on any atom is 0.274 e. The zero-order valence-corrected chi connectivity index (χ0v) is 16.5. The van der Waals surface area contributed by atoms with E-state index in [-0.39, 0.29) is 23.9 Å². The zero-order chi connectivity index (χ0) is 19.9. The third-order valence-electron chi connectivity index (χ3n) is 4.82. The van der Waals surface area contributed by atoms with Crippen LogP contribution in [0, 0.1) is 6.92 Å². The molecule has 4 heterocycles. The van der Waals surface area contributed by atoms with Crippen LogP contribution in [0.15, 0.2) is 35.6 Å². The molecule has 3 aromatic heterocycles. The summed E-state index contributed by atoms with van der Waals surface area (Å²) in [6.45, 7) is 5.28. The molecule has 0 N–H and O–H groups in total. The standard InChI is InChI=1S/C17H21N7O3S/c1-3-22-12-15(13(2)19-22)28(26,27)23-9-7-21(8-10-23)17(25)14-11-16-18-5-4-6-24(16)20-14/h4-6,11-12H,3,7-10H2,1-2H3. The van der Waals surface area contributed by atoms with Crippen molar-refractivity contribution in [1.29, 1.82) is 0 Å². The highest BCUT2D eigenvalue weighted by Gasteiger charge is 2.33. The second-order valence-electron chi connectivity index (χ2n) is 6.58. The van der Waals surface area contributed by atoms with Crippen LogP contribution in [-0.2, 0) is 16.6 Å². The Morgan fingerprint density at radius 2 is 1.93 bits per heavy atom. The quantitative estimate of drug-likeness (QED) is 0.624. The van der Waals surface area contributed by atoms with Gasteiger partial charge in [0.25, 0.3) is 5.91 Å². The van der Waals surface area contributed by atoms with Crippen LogP contribution in [-0.4, -0.2) is 74.1 Å². The van der Waals surface area contributed by atoms with E-state index in [9.17, 15) is 13.2 Å². The lowest BCUT2D eigenvalue weighted by Crippen LogP contribution is -2.50. The van der Waals surface area contributed by atoms with E-state index in [0.717, 1.165) is 0 Å². The topological polar surface area (TPSA) is 106 Å². The van der Waals surface area contributed by atoms with Gasteiger partial charge in [0.15, 0.2) is 11.3 Å². The molecule has 1 aliphatic rings. The fourth-order valence-electron chi connectivity index (χ4n) is 3.28. The molecule has 11 heteroatoms. The minimum Gasteiger partial charge on any atom is -0.335 e. The van der Waals surface area contributed by atoms with E-state index >= 15 is 0 Å². The van der Waals surface area contributed by atoms with Crippen molar-refractivity contribution in [2.24, 2.45) is 0 Å². The maximum atomic E-state index is 12.9. The van der Waals surface area contributed by atoms with Gasteiger partial charge in [-0.3, -0.25) is 9.48 Å². The van der Waals surface area contributed by atoms with Gasteiger partial charge in [-0.25, -0.2) is 17.9 Å². The lowest BCUT2D eigenvalue weighted by atomic mass is 10.3. The van der Waals surface area contributed by atoms with Crippen LogP contribution >= 0.6 is 0 Å². The van der Waals surface area contributed by atoms with Gasteiger partial charge in [-0.2, -0.15) is 14.5 Å². The Hall–Kier alpha value is -2.79. The van der Waals surface area contributed by atoms with Crippen LogP contribution in [0.4, 0.5) is 0 Å². The molecular weight excluding hydrogens is 382 g/mol. The highest BCUT2D eigenvalue weighted by Crippen LogP contribution is 2.21. The average molecular weight is 403 g/mol. The number of sulfonamides is 1. The Balaban J connectivity index is 1.47. The second-order valence-corrected chi connectivity index (χ2v) is 8.49. The van der Waals surface area contributed by atoms with Gasteiger partial charge in [0.2, 0.25) is 10.0 Å². The fourth-order valence-corrected chi connectivity index (χ4v) is 4.87. The van der Waals surface area contributed by atoms with Gasteiger partial charge >= 0.3 is 0 Å². The number of fused-ring (bicyclic) bond motifs is 1. The van der Waals surface area contributed by atoms with Crippen molar-refractivity contribution in [2.45, 2.75) is 25.3 Å². The molecular formula is C17H21N7O3S. The van der Waals surface area contributed by atoms with E-state index in [0.29, 0.717) is 36.7 Å². The number of amides is 1. The van der Waals surface area contributed by atoms with Crippen LogP contribution < -0.4 is 0 Å². The molecule has 148 valence electrons. The van der Waals surface area contributed by atoms with Crippen LogP contribution in [0.5, 0.6) is 0 Å². The number of carbonyl (C=O) groups excluding carboxylic acids is 1. The van der Waals surface area contributed by atoms with Crippen molar-refractivity contribution in [1.82, 2.24) is 33.6 Å². The maximum absolute atomic E-state index is 12.9. The molecule has 0 atom stereocenters. The first-order valence-corrected chi connectivity index (χ1v) is 10.5. The summed E-state index contributed by atoms with van der Waals surface area (Å²) in [4.78, 5) is 18.7. The first kappa shape index (κ1) is 18.6. The summed E-state index contributed by atoms with van der Waals surface area (Å²) in [6, 6.07) is 3.37. The Bertz CT molecular complexity index is 1090. The smallest absolute Gasteiger partial charge is 0.274 e. The fraction of sp³-hybridized carbons (Fsp3) is 0.412. The van der Waals surface area contributed by atoms with E-state index in [1.165, 1.54) is 4.31 Å². The monoisotopic (exact) mass is 403 g/mol. The van der Waals surface area contributed by atoms with Crippen LogP contribution in [0.3, 0.4) is 0 Å². The molecule has 0 aliphatic carbocycles. The second kappa shape index (κ2) is 6.99. The van der Waals surface area contributed by atoms with Gasteiger partial charge in [0.1, 0.15) is 4.90 Å². The number of carbonyl (C=O) groups is 1. The molecule has 0 unspecified atom stereocenters. The number of aromatic nitrogens is 5. The molecule has 0 bridgehead atoms. The van der Waals surface area contributed by atoms with E-state index in [2.05, 4.69) is 15.2 Å². The highest BCUT2D eigenvalue weighted by atomic mass is 32.2. The molecule has 10 nitrogen and oxygen atoms in total. The minimum atomic E-state index is -3.63. The van der Waals surface area contributed by atoms with Gasteiger partial charge in [-0.1, -0.05) is 0 Å². The number of hydrogen-bond acceptors (Lipinski definition) is 6. The first-order chi connectivity index (χ1) is 13.4. The summed E-state index contributed by atoms with van der Waals surface area (Å²) in [5.74, 6) is -0.225. The normalized spacial score (nSPS) is 16.0. The predicted octanol–water partition coefficient (Wildman–Crippen LogP) is 0.401. The predicted molar refractivity (Wildman–Crippen MR) is 100 cm³/mol. The number of aryl methyl sites for hydroxylation is 2. The Kier molecular flexibility index (Phi) is 4.63. The summed E-state index contributed by atoms with van der Waals surface area (Å²) in [5, 5.41) is 8.47. The highest BCUT2D eigenvalue weighted by molar-refractivity contribution is 7.89. The van der Waals surface area contributed by atoms with E-state index < -0.39 is 10.0 Å². The van der Waals surface area contributed by atoms with Crippen molar-refractivity contribution in [2.75, 3.05) is 26.2 Å². The molecule has 1 aliphatic heterocycles. The molecule has 0 saturated carbocycles. The SMILES string of the molecule is CCn1cc(S(=O)(=O)N2CCN(C(=O)c3cc4ncccn4n3)CC2)c(C)n1. The summed E-state index contributed by atoms with van der Waals surface area (Å²) in [6.07, 6.45) is 4.92. The molecule has 3 aromatic rings. The Morgan fingerprint density at radius 1 is 1.18 bits per heavy atom. The minimum absolute atomic E-state index is 0.223. The van der Waals surface area contributed by atoms with Gasteiger partial charge in [0.05, 0.1) is 5.69 Å². The lowest BCUT2D eigenvalue weighted by molar-refractivity contribution is 0.0691.